The van der Waals surface area contributed by atoms with Crippen LogP contribution in [0.25, 0.3) is 11.4 Å². The number of rotatable bonds is 7. The molecule has 1 saturated carbocycles. The van der Waals surface area contributed by atoms with Gasteiger partial charge in [-0.1, -0.05) is 12.1 Å². The van der Waals surface area contributed by atoms with E-state index in [0.29, 0.717) is 23.1 Å². The van der Waals surface area contributed by atoms with Gasteiger partial charge in [-0.25, -0.2) is 18.6 Å². The molecule has 1 fully saturated rings. The second kappa shape index (κ2) is 7.75. The predicted octanol–water partition coefficient (Wildman–Crippen LogP) is 4.14. The molecule has 0 radical (unpaired) electrons. The molecular formula is C20H20FN5O2S. The van der Waals surface area contributed by atoms with Crippen molar-refractivity contribution in [1.82, 2.24) is 15.0 Å². The van der Waals surface area contributed by atoms with E-state index in [4.69, 9.17) is 9.52 Å². The number of methoxy groups -OCH3 is 1. The van der Waals surface area contributed by atoms with Gasteiger partial charge in [-0.15, -0.1) is 0 Å². The fourth-order valence-electron chi connectivity index (χ4n) is 3.02. The predicted molar refractivity (Wildman–Crippen MR) is 109 cm³/mol. The summed E-state index contributed by atoms with van der Waals surface area (Å²) in [4.78, 5) is 12.7. The van der Waals surface area contributed by atoms with Gasteiger partial charge in [0.15, 0.2) is 5.82 Å². The van der Waals surface area contributed by atoms with Crippen molar-refractivity contribution in [3.63, 3.8) is 0 Å². The summed E-state index contributed by atoms with van der Waals surface area (Å²) < 4.78 is 39.2. The molecule has 0 bridgehead atoms. The number of hydrogen-bond acceptors (Lipinski definition) is 7. The molecule has 2 N–H and O–H groups in total. The lowest BCUT2D eigenvalue weighted by atomic mass is 10.2. The minimum Gasteiger partial charge on any atom is -0.496 e. The average Bonchev–Trinajstić information content (AvgIpc) is 3.54. The minimum atomic E-state index is -2.60. The molecule has 1 atom stereocenters. The Bertz CT molecular complexity index is 1150. The molecular weight excluding hydrogens is 393 g/mol. The van der Waals surface area contributed by atoms with Gasteiger partial charge in [0.1, 0.15) is 17.9 Å². The molecule has 2 aromatic carbocycles. The number of benzene rings is 2. The fourth-order valence-corrected chi connectivity index (χ4v) is 4.83. The standard InChI is InChI=1S/C20H20FN5O2S/c1-28-18-10-14(21)5-8-17(18)19-23-12-24-20(26-19)25-15-4-2-3-13(9-15)11-29(22,27)16-6-7-16/h2-5,8-10,12,16,22H,6-7,11H2,1H3,(H,23,24,25,26). The van der Waals surface area contributed by atoms with Crippen molar-refractivity contribution < 1.29 is 13.3 Å². The topological polar surface area (TPSA) is 101 Å². The molecule has 0 spiro atoms. The Morgan fingerprint density at radius 1 is 1.24 bits per heavy atom. The van der Waals surface area contributed by atoms with Crippen LogP contribution in [0.4, 0.5) is 16.0 Å². The second-order valence-electron chi connectivity index (χ2n) is 6.87. The van der Waals surface area contributed by atoms with Crippen molar-refractivity contribution in [3.8, 4) is 17.1 Å². The van der Waals surface area contributed by atoms with Crippen molar-refractivity contribution in [1.29, 1.82) is 4.78 Å². The van der Waals surface area contributed by atoms with E-state index in [1.807, 2.05) is 24.3 Å². The Hall–Kier alpha value is -3.07. The third kappa shape index (κ3) is 4.51. The van der Waals surface area contributed by atoms with Gasteiger partial charge in [0.2, 0.25) is 5.95 Å². The second-order valence-corrected chi connectivity index (χ2v) is 9.28. The molecule has 1 heterocycles. The van der Waals surface area contributed by atoms with Crippen LogP contribution in [0, 0.1) is 10.6 Å². The normalized spacial score (nSPS) is 15.5. The summed E-state index contributed by atoms with van der Waals surface area (Å²) in [6.45, 7) is 0. The number of ether oxygens (including phenoxy) is 1. The zero-order valence-electron chi connectivity index (χ0n) is 15.8. The first kappa shape index (κ1) is 19.3. The number of halogens is 1. The van der Waals surface area contributed by atoms with Crippen molar-refractivity contribution >= 4 is 21.4 Å². The number of nitrogens with zero attached hydrogens (tertiary/aromatic N) is 3. The average molecular weight is 413 g/mol. The fraction of sp³-hybridized carbons (Fsp3) is 0.250. The van der Waals surface area contributed by atoms with Gasteiger partial charge in [0.25, 0.3) is 0 Å². The maximum atomic E-state index is 13.4. The highest BCUT2D eigenvalue weighted by atomic mass is 32.2. The van der Waals surface area contributed by atoms with E-state index in [1.165, 1.54) is 25.6 Å². The molecule has 0 amide bonds. The van der Waals surface area contributed by atoms with Crippen LogP contribution < -0.4 is 10.1 Å². The Morgan fingerprint density at radius 3 is 2.83 bits per heavy atom. The number of nitrogens with one attached hydrogen (secondary N) is 2. The van der Waals surface area contributed by atoms with Crippen LogP contribution in [-0.4, -0.2) is 31.5 Å². The first-order valence-electron chi connectivity index (χ1n) is 9.09. The summed E-state index contributed by atoms with van der Waals surface area (Å²) in [5.41, 5.74) is 2.10. The maximum absolute atomic E-state index is 13.4. The van der Waals surface area contributed by atoms with E-state index >= 15 is 0 Å². The molecule has 7 nitrogen and oxygen atoms in total. The Balaban J connectivity index is 1.56. The molecule has 0 saturated heterocycles. The molecule has 4 rings (SSSR count). The molecule has 3 aromatic rings. The third-order valence-electron chi connectivity index (χ3n) is 4.60. The molecule has 29 heavy (non-hydrogen) atoms. The molecule has 1 aliphatic carbocycles. The lowest BCUT2D eigenvalue weighted by Gasteiger charge is -2.10. The summed E-state index contributed by atoms with van der Waals surface area (Å²) in [5.74, 6) is 0.815. The zero-order chi connectivity index (χ0) is 20.4. The first-order chi connectivity index (χ1) is 13.9. The van der Waals surface area contributed by atoms with E-state index in [9.17, 15) is 8.60 Å². The van der Waals surface area contributed by atoms with Gasteiger partial charge < -0.3 is 10.1 Å². The van der Waals surface area contributed by atoms with Gasteiger partial charge >= 0.3 is 0 Å². The van der Waals surface area contributed by atoms with E-state index in [2.05, 4.69) is 20.3 Å². The Kier molecular flexibility index (Phi) is 5.14. The van der Waals surface area contributed by atoms with Crippen LogP contribution in [0.5, 0.6) is 5.75 Å². The van der Waals surface area contributed by atoms with Crippen LogP contribution in [-0.2, 0) is 15.5 Å². The quantitative estimate of drug-likeness (QED) is 0.604. The number of hydrogen-bond donors (Lipinski definition) is 2. The summed E-state index contributed by atoms with van der Waals surface area (Å²) in [7, 11) is -1.14. The molecule has 1 aliphatic rings. The SMILES string of the molecule is COc1cc(F)ccc1-c1ncnc(Nc2cccc(CS(=N)(=O)C3CC3)c2)n1. The van der Waals surface area contributed by atoms with Crippen LogP contribution in [0.3, 0.4) is 0 Å². The van der Waals surface area contributed by atoms with Crippen molar-refractivity contribution in [3.05, 3.63) is 60.2 Å². The highest BCUT2D eigenvalue weighted by Crippen LogP contribution is 2.32. The van der Waals surface area contributed by atoms with Gasteiger partial charge in [0.05, 0.1) is 28.2 Å². The van der Waals surface area contributed by atoms with Crippen LogP contribution >= 0.6 is 0 Å². The van der Waals surface area contributed by atoms with Gasteiger partial charge in [0, 0.05) is 17.0 Å². The first-order valence-corrected chi connectivity index (χ1v) is 10.9. The molecule has 1 unspecified atom stereocenters. The summed E-state index contributed by atoms with van der Waals surface area (Å²) in [6, 6.07) is 11.5. The van der Waals surface area contributed by atoms with Crippen molar-refractivity contribution in [2.24, 2.45) is 0 Å². The minimum absolute atomic E-state index is 0.0240. The Labute approximate surface area is 168 Å². The third-order valence-corrected chi connectivity index (χ3v) is 6.91. The molecule has 1 aromatic heterocycles. The molecule has 9 heteroatoms. The van der Waals surface area contributed by atoms with E-state index in [0.717, 1.165) is 24.1 Å². The molecule has 0 aliphatic heterocycles. The summed E-state index contributed by atoms with van der Waals surface area (Å²) >= 11 is 0. The maximum Gasteiger partial charge on any atom is 0.230 e. The highest BCUT2D eigenvalue weighted by molar-refractivity contribution is 7.92. The lowest BCUT2D eigenvalue weighted by Crippen LogP contribution is -2.08. The smallest absolute Gasteiger partial charge is 0.230 e. The van der Waals surface area contributed by atoms with Crippen molar-refractivity contribution in [2.45, 2.75) is 23.8 Å². The van der Waals surface area contributed by atoms with Crippen LogP contribution in [0.2, 0.25) is 0 Å². The van der Waals surface area contributed by atoms with Crippen molar-refractivity contribution in [2.75, 3.05) is 12.4 Å². The van der Waals surface area contributed by atoms with E-state index < -0.39 is 15.5 Å². The number of anilines is 2. The van der Waals surface area contributed by atoms with Gasteiger partial charge in [-0.2, -0.15) is 4.98 Å². The highest BCUT2D eigenvalue weighted by Gasteiger charge is 2.32. The van der Waals surface area contributed by atoms with Crippen LogP contribution in [0.15, 0.2) is 48.8 Å². The molecule has 150 valence electrons. The van der Waals surface area contributed by atoms with E-state index in [-0.39, 0.29) is 11.0 Å². The number of aromatic nitrogens is 3. The monoisotopic (exact) mass is 413 g/mol. The summed E-state index contributed by atoms with van der Waals surface area (Å²) in [6.07, 6.45) is 3.11. The van der Waals surface area contributed by atoms with E-state index in [1.54, 1.807) is 6.07 Å². The Morgan fingerprint density at radius 2 is 2.07 bits per heavy atom. The van der Waals surface area contributed by atoms with Crippen LogP contribution in [0.1, 0.15) is 18.4 Å². The lowest BCUT2D eigenvalue weighted by molar-refractivity contribution is 0.412. The zero-order valence-corrected chi connectivity index (χ0v) is 16.6. The van der Waals surface area contributed by atoms with Gasteiger partial charge in [-0.05, 0) is 42.7 Å². The largest absolute Gasteiger partial charge is 0.496 e. The summed E-state index contributed by atoms with van der Waals surface area (Å²) in [5, 5.41) is 3.13. The van der Waals surface area contributed by atoms with Gasteiger partial charge in [-0.3, -0.25) is 4.78 Å².